The summed E-state index contributed by atoms with van der Waals surface area (Å²) in [5.74, 6) is 1.89. The minimum atomic E-state index is 0.454. The van der Waals surface area contributed by atoms with Gasteiger partial charge in [0.05, 0.1) is 18.2 Å². The van der Waals surface area contributed by atoms with Gasteiger partial charge >= 0.3 is 0 Å². The molecule has 0 fully saturated rings. The molecule has 4 nitrogen and oxygen atoms in total. The summed E-state index contributed by atoms with van der Waals surface area (Å²) in [5.41, 5.74) is 5.36. The molecule has 0 amide bonds. The summed E-state index contributed by atoms with van der Waals surface area (Å²) in [4.78, 5) is 0. The molecule has 2 rings (SSSR count). The van der Waals surface area contributed by atoms with Gasteiger partial charge in [-0.25, -0.2) is 0 Å². The Kier molecular flexibility index (Phi) is 3.74. The second kappa shape index (κ2) is 5.27. The van der Waals surface area contributed by atoms with Gasteiger partial charge in [0, 0.05) is 25.1 Å². The molecule has 88 valence electrons. The molecule has 0 aromatic heterocycles. The highest BCUT2D eigenvalue weighted by molar-refractivity contribution is 6.32. The van der Waals surface area contributed by atoms with Crippen molar-refractivity contribution in [1.82, 2.24) is 0 Å². The topological polar surface area (TPSA) is 53.7 Å². The van der Waals surface area contributed by atoms with Crippen molar-refractivity contribution < 1.29 is 14.2 Å². The van der Waals surface area contributed by atoms with Gasteiger partial charge in [0.1, 0.15) is 12.4 Å². The quantitative estimate of drug-likeness (QED) is 0.880. The zero-order valence-electron chi connectivity index (χ0n) is 8.87. The fourth-order valence-corrected chi connectivity index (χ4v) is 1.72. The Bertz CT molecular complexity index is 370. The van der Waals surface area contributed by atoms with E-state index in [0.29, 0.717) is 48.6 Å². The van der Waals surface area contributed by atoms with E-state index in [-0.39, 0.29) is 0 Å². The van der Waals surface area contributed by atoms with Crippen LogP contribution in [-0.2, 0) is 0 Å². The van der Waals surface area contributed by atoms with Gasteiger partial charge in [0.25, 0.3) is 0 Å². The van der Waals surface area contributed by atoms with E-state index in [1.807, 2.05) is 0 Å². The van der Waals surface area contributed by atoms with Crippen molar-refractivity contribution in [2.45, 2.75) is 6.42 Å². The van der Waals surface area contributed by atoms with Crippen LogP contribution in [0.15, 0.2) is 12.1 Å². The largest absolute Gasteiger partial charge is 0.492 e. The second-order valence-electron chi connectivity index (χ2n) is 3.42. The van der Waals surface area contributed by atoms with E-state index in [1.165, 1.54) is 0 Å². The van der Waals surface area contributed by atoms with Crippen molar-refractivity contribution in [2.24, 2.45) is 5.73 Å². The summed E-state index contributed by atoms with van der Waals surface area (Å²) in [7, 11) is 0. The molecule has 1 aromatic rings. The number of halogens is 1. The summed E-state index contributed by atoms with van der Waals surface area (Å²) in [6.45, 7) is 2.17. The molecule has 2 N–H and O–H groups in total. The Balaban J connectivity index is 2.24. The van der Waals surface area contributed by atoms with Crippen LogP contribution >= 0.6 is 11.6 Å². The van der Waals surface area contributed by atoms with E-state index >= 15 is 0 Å². The smallest absolute Gasteiger partial charge is 0.180 e. The van der Waals surface area contributed by atoms with E-state index in [0.717, 1.165) is 6.42 Å². The van der Waals surface area contributed by atoms with Crippen molar-refractivity contribution >= 4 is 11.6 Å². The third kappa shape index (κ3) is 2.51. The number of rotatable bonds is 3. The molecule has 0 radical (unpaired) electrons. The van der Waals surface area contributed by atoms with Crippen LogP contribution in [-0.4, -0.2) is 26.4 Å². The number of hydrogen-bond acceptors (Lipinski definition) is 4. The maximum absolute atomic E-state index is 6.08. The van der Waals surface area contributed by atoms with Gasteiger partial charge in [-0.05, 0) is 0 Å². The van der Waals surface area contributed by atoms with E-state index in [2.05, 4.69) is 0 Å². The maximum atomic E-state index is 6.08. The molecule has 1 aliphatic heterocycles. The molecule has 0 bridgehead atoms. The Morgan fingerprint density at radius 1 is 1.31 bits per heavy atom. The molecule has 0 saturated heterocycles. The fourth-order valence-electron chi connectivity index (χ4n) is 1.47. The highest BCUT2D eigenvalue weighted by atomic mass is 35.5. The molecule has 1 aliphatic rings. The van der Waals surface area contributed by atoms with Crippen molar-refractivity contribution in [1.29, 1.82) is 0 Å². The molecule has 0 spiro atoms. The first-order chi connectivity index (χ1) is 7.81. The van der Waals surface area contributed by atoms with Gasteiger partial charge in [-0.3, -0.25) is 0 Å². The van der Waals surface area contributed by atoms with E-state index in [1.54, 1.807) is 12.1 Å². The third-order valence-electron chi connectivity index (χ3n) is 2.16. The molecular weight excluding hydrogens is 230 g/mol. The Labute approximate surface area is 99.2 Å². The number of nitrogens with two attached hydrogens (primary N) is 1. The summed E-state index contributed by atoms with van der Waals surface area (Å²) in [6, 6.07) is 3.49. The molecule has 0 atom stereocenters. The SMILES string of the molecule is NCCOc1cc(Cl)c2c(c1)OCCCO2. The van der Waals surface area contributed by atoms with Crippen LogP contribution in [0.5, 0.6) is 17.2 Å². The summed E-state index contributed by atoms with van der Waals surface area (Å²) < 4.78 is 16.4. The van der Waals surface area contributed by atoms with Crippen LogP contribution in [0.1, 0.15) is 6.42 Å². The highest BCUT2D eigenvalue weighted by Crippen LogP contribution is 2.40. The average Bonchev–Trinajstić information content (AvgIpc) is 2.51. The van der Waals surface area contributed by atoms with Gasteiger partial charge in [-0.2, -0.15) is 0 Å². The Morgan fingerprint density at radius 2 is 2.12 bits per heavy atom. The lowest BCUT2D eigenvalue weighted by molar-refractivity contribution is 0.296. The van der Waals surface area contributed by atoms with Crippen molar-refractivity contribution in [3.63, 3.8) is 0 Å². The molecule has 1 aromatic carbocycles. The normalized spacial score (nSPS) is 14.4. The van der Waals surface area contributed by atoms with Gasteiger partial charge in [-0.15, -0.1) is 0 Å². The molecular formula is C11H14ClNO3. The van der Waals surface area contributed by atoms with Crippen LogP contribution in [0.25, 0.3) is 0 Å². The molecule has 1 heterocycles. The predicted molar refractivity (Wildman–Crippen MR) is 61.6 cm³/mol. The van der Waals surface area contributed by atoms with E-state index in [9.17, 15) is 0 Å². The first kappa shape index (κ1) is 11.4. The second-order valence-corrected chi connectivity index (χ2v) is 3.83. The number of hydrogen-bond donors (Lipinski definition) is 1. The van der Waals surface area contributed by atoms with Crippen molar-refractivity contribution in [3.05, 3.63) is 17.2 Å². The van der Waals surface area contributed by atoms with Crippen LogP contribution < -0.4 is 19.9 Å². The Hall–Kier alpha value is -1.13. The molecule has 16 heavy (non-hydrogen) atoms. The molecule has 0 saturated carbocycles. The summed E-state index contributed by atoms with van der Waals surface area (Å²) in [6.07, 6.45) is 0.851. The summed E-state index contributed by atoms with van der Waals surface area (Å²) in [5, 5.41) is 0.506. The number of benzene rings is 1. The van der Waals surface area contributed by atoms with Crippen molar-refractivity contribution in [2.75, 3.05) is 26.4 Å². The number of fused-ring (bicyclic) bond motifs is 1. The van der Waals surface area contributed by atoms with Gasteiger partial charge < -0.3 is 19.9 Å². The van der Waals surface area contributed by atoms with Gasteiger partial charge in [-0.1, -0.05) is 11.6 Å². The minimum absolute atomic E-state index is 0.454. The van der Waals surface area contributed by atoms with Gasteiger partial charge in [0.15, 0.2) is 11.5 Å². The zero-order valence-corrected chi connectivity index (χ0v) is 9.63. The highest BCUT2D eigenvalue weighted by Gasteiger charge is 2.15. The first-order valence-corrected chi connectivity index (χ1v) is 5.61. The van der Waals surface area contributed by atoms with Crippen molar-refractivity contribution in [3.8, 4) is 17.2 Å². The predicted octanol–water partition coefficient (Wildman–Crippen LogP) is 1.84. The summed E-state index contributed by atoms with van der Waals surface area (Å²) >= 11 is 6.08. The maximum Gasteiger partial charge on any atom is 0.180 e. The van der Waals surface area contributed by atoms with Crippen LogP contribution in [0.2, 0.25) is 5.02 Å². The lowest BCUT2D eigenvalue weighted by Gasteiger charge is -2.11. The van der Waals surface area contributed by atoms with Crippen LogP contribution in [0.4, 0.5) is 0 Å². The average molecular weight is 244 g/mol. The standard InChI is InChI=1S/C11H14ClNO3/c12-9-6-8(14-5-2-13)7-10-11(9)16-4-1-3-15-10/h6-7H,1-5,13H2. The van der Waals surface area contributed by atoms with Crippen LogP contribution in [0.3, 0.4) is 0 Å². The monoisotopic (exact) mass is 243 g/mol. The number of ether oxygens (including phenoxy) is 3. The van der Waals surface area contributed by atoms with Gasteiger partial charge in [0.2, 0.25) is 0 Å². The minimum Gasteiger partial charge on any atom is -0.492 e. The van der Waals surface area contributed by atoms with E-state index in [4.69, 9.17) is 31.5 Å². The Morgan fingerprint density at radius 3 is 2.94 bits per heavy atom. The lowest BCUT2D eigenvalue weighted by Crippen LogP contribution is -2.10. The van der Waals surface area contributed by atoms with Crippen LogP contribution in [0, 0.1) is 0 Å². The zero-order chi connectivity index (χ0) is 11.4. The molecule has 0 aliphatic carbocycles. The first-order valence-electron chi connectivity index (χ1n) is 5.23. The van der Waals surface area contributed by atoms with E-state index < -0.39 is 0 Å². The lowest BCUT2D eigenvalue weighted by atomic mass is 10.3. The fraction of sp³-hybridized carbons (Fsp3) is 0.455. The molecule has 5 heteroatoms. The molecule has 0 unspecified atom stereocenters. The third-order valence-corrected chi connectivity index (χ3v) is 2.44.